The van der Waals surface area contributed by atoms with Gasteiger partial charge >= 0.3 is 12.1 Å². The predicted molar refractivity (Wildman–Crippen MR) is 117 cm³/mol. The van der Waals surface area contributed by atoms with Crippen LogP contribution in [-0.2, 0) is 16.5 Å². The lowest BCUT2D eigenvalue weighted by molar-refractivity contribution is 0.0467. The van der Waals surface area contributed by atoms with Crippen molar-refractivity contribution < 1.29 is 19.1 Å². The number of pyridine rings is 1. The summed E-state index contributed by atoms with van der Waals surface area (Å²) in [6.07, 6.45) is 0.104. The molecule has 0 fully saturated rings. The Labute approximate surface area is 177 Å². The number of hydrogen-bond acceptors (Lipinski definition) is 5. The van der Waals surface area contributed by atoms with Crippen LogP contribution < -0.4 is 10.7 Å². The number of rotatable bonds is 6. The minimum Gasteiger partial charge on any atom is -0.462 e. The molecule has 0 aliphatic heterocycles. The molecule has 2 rings (SSSR count). The second-order valence-electron chi connectivity index (χ2n) is 8.40. The summed E-state index contributed by atoms with van der Waals surface area (Å²) in [6.45, 7) is 11.1. The lowest BCUT2D eigenvalue weighted by Gasteiger charge is -2.30. The first-order chi connectivity index (χ1) is 14.0. The van der Waals surface area contributed by atoms with Crippen molar-refractivity contribution in [2.75, 3.05) is 6.61 Å². The lowest BCUT2D eigenvalue weighted by atomic mass is 9.91. The van der Waals surface area contributed by atoms with Gasteiger partial charge in [-0.2, -0.15) is 0 Å². The predicted octanol–water partition coefficient (Wildman–Crippen LogP) is 4.33. The van der Waals surface area contributed by atoms with Gasteiger partial charge in [0.25, 0.3) is 0 Å². The van der Waals surface area contributed by atoms with E-state index in [4.69, 9.17) is 9.47 Å². The zero-order valence-corrected chi connectivity index (χ0v) is 18.9. The molecular formula is C23H32N2O5. The van der Waals surface area contributed by atoms with Gasteiger partial charge in [0.2, 0.25) is 5.43 Å². The summed E-state index contributed by atoms with van der Waals surface area (Å²) in [5.74, 6) is -0.768. The van der Waals surface area contributed by atoms with Crippen molar-refractivity contribution in [1.82, 2.24) is 9.88 Å². The third-order valence-electron chi connectivity index (χ3n) is 5.01. The monoisotopic (exact) mass is 416 g/mol. The second-order valence-corrected chi connectivity index (χ2v) is 8.40. The van der Waals surface area contributed by atoms with E-state index in [9.17, 15) is 14.4 Å². The number of aryl methyl sites for hydroxylation is 1. The van der Waals surface area contributed by atoms with E-state index >= 15 is 0 Å². The third kappa shape index (κ3) is 5.01. The maximum Gasteiger partial charge on any atom is 0.408 e. The molecule has 0 spiro atoms. The van der Waals surface area contributed by atoms with Gasteiger partial charge in [0.05, 0.1) is 23.9 Å². The van der Waals surface area contributed by atoms with Gasteiger partial charge in [0, 0.05) is 12.4 Å². The molecule has 30 heavy (non-hydrogen) atoms. The summed E-state index contributed by atoms with van der Waals surface area (Å²) < 4.78 is 12.4. The molecule has 0 radical (unpaired) electrons. The highest BCUT2D eigenvalue weighted by molar-refractivity contribution is 5.95. The maximum atomic E-state index is 13.3. The van der Waals surface area contributed by atoms with Crippen molar-refractivity contribution in [2.24, 2.45) is 13.0 Å². The number of benzene rings is 1. The number of fused-ring (bicyclic) bond motifs is 1. The molecule has 1 aromatic heterocycles. The number of esters is 1. The molecule has 1 amide bonds. The van der Waals surface area contributed by atoms with Gasteiger partial charge in [0.1, 0.15) is 11.2 Å². The van der Waals surface area contributed by atoms with Crippen molar-refractivity contribution in [1.29, 1.82) is 0 Å². The molecule has 2 atom stereocenters. The fourth-order valence-corrected chi connectivity index (χ4v) is 3.42. The van der Waals surface area contributed by atoms with Gasteiger partial charge < -0.3 is 19.4 Å². The van der Waals surface area contributed by atoms with Gasteiger partial charge in [-0.15, -0.1) is 0 Å². The van der Waals surface area contributed by atoms with Gasteiger partial charge in [-0.1, -0.05) is 32.4 Å². The summed E-state index contributed by atoms with van der Waals surface area (Å²) in [5.41, 5.74) is -0.0541. The SMILES string of the molecule is CCOC(=O)c1c([C@@H](NC(=O)OC(C)(C)C)[C@@H](C)CC)n(C)c2ccccc2c1=O. The van der Waals surface area contributed by atoms with Gasteiger partial charge in [-0.05, 0) is 45.7 Å². The Kier molecular flexibility index (Phi) is 7.29. The average Bonchev–Trinajstić information content (AvgIpc) is 2.67. The van der Waals surface area contributed by atoms with E-state index < -0.39 is 29.1 Å². The van der Waals surface area contributed by atoms with Crippen LogP contribution >= 0.6 is 0 Å². The summed E-state index contributed by atoms with van der Waals surface area (Å²) >= 11 is 0. The zero-order valence-electron chi connectivity index (χ0n) is 18.9. The van der Waals surface area contributed by atoms with Crippen LogP contribution in [0, 0.1) is 5.92 Å². The smallest absolute Gasteiger partial charge is 0.408 e. The minimum absolute atomic E-state index is 0.0561. The number of hydrogen-bond donors (Lipinski definition) is 1. The fourth-order valence-electron chi connectivity index (χ4n) is 3.42. The first-order valence-corrected chi connectivity index (χ1v) is 10.3. The van der Waals surface area contributed by atoms with E-state index in [0.717, 1.165) is 0 Å². The quantitative estimate of drug-likeness (QED) is 0.709. The molecule has 164 valence electrons. The van der Waals surface area contributed by atoms with Gasteiger partial charge in [0.15, 0.2) is 0 Å². The number of nitrogens with one attached hydrogen (secondary N) is 1. The van der Waals surface area contributed by atoms with Crippen LogP contribution in [0.15, 0.2) is 29.1 Å². The highest BCUT2D eigenvalue weighted by Gasteiger charge is 2.32. The van der Waals surface area contributed by atoms with E-state index in [2.05, 4.69) is 5.32 Å². The van der Waals surface area contributed by atoms with Crippen LogP contribution in [0.3, 0.4) is 0 Å². The number of alkyl carbamates (subject to hydrolysis) is 1. The molecule has 1 heterocycles. The molecule has 1 aromatic carbocycles. The van der Waals surface area contributed by atoms with E-state index in [1.54, 1.807) is 51.4 Å². The standard InChI is InChI=1S/C23H32N2O5/c1-8-14(3)18(24-22(28)30-23(4,5)6)19-17(21(27)29-9-2)20(26)15-12-10-11-13-16(15)25(19)7/h10-14,18H,8-9H2,1-7H3,(H,24,28)/t14-,18-/m0/s1. The number of amides is 1. The number of carbonyl (C=O) groups excluding carboxylic acids is 2. The molecule has 0 aliphatic rings. The van der Waals surface area contributed by atoms with Crippen molar-refractivity contribution >= 4 is 23.0 Å². The molecule has 1 N–H and O–H groups in total. The van der Waals surface area contributed by atoms with Crippen LogP contribution in [0.4, 0.5) is 4.79 Å². The third-order valence-corrected chi connectivity index (χ3v) is 5.01. The fraction of sp³-hybridized carbons (Fsp3) is 0.522. The summed E-state index contributed by atoms with van der Waals surface area (Å²) in [5, 5.41) is 3.31. The zero-order chi connectivity index (χ0) is 22.6. The summed E-state index contributed by atoms with van der Waals surface area (Å²) in [4.78, 5) is 38.7. The number of carbonyl (C=O) groups is 2. The van der Waals surface area contributed by atoms with Crippen molar-refractivity contribution in [3.8, 4) is 0 Å². The Morgan fingerprint density at radius 2 is 1.80 bits per heavy atom. The first kappa shape index (κ1) is 23.4. The number of para-hydroxylation sites is 1. The minimum atomic E-state index is -0.696. The van der Waals surface area contributed by atoms with Crippen molar-refractivity contribution in [3.05, 3.63) is 45.7 Å². The van der Waals surface area contributed by atoms with Crippen LogP contribution in [0.1, 0.15) is 70.1 Å². The molecule has 7 nitrogen and oxygen atoms in total. The maximum absolute atomic E-state index is 13.3. The van der Waals surface area contributed by atoms with Gasteiger partial charge in [-0.25, -0.2) is 9.59 Å². The van der Waals surface area contributed by atoms with E-state index in [0.29, 0.717) is 23.0 Å². The van der Waals surface area contributed by atoms with Crippen LogP contribution in [0.2, 0.25) is 0 Å². The Balaban J connectivity index is 2.76. The van der Waals surface area contributed by atoms with Crippen molar-refractivity contribution in [3.63, 3.8) is 0 Å². The van der Waals surface area contributed by atoms with E-state index in [-0.39, 0.29) is 18.1 Å². The summed E-state index contributed by atoms with van der Waals surface area (Å²) in [6, 6.07) is 6.46. The highest BCUT2D eigenvalue weighted by Crippen LogP contribution is 2.29. The highest BCUT2D eigenvalue weighted by atomic mass is 16.6. The largest absolute Gasteiger partial charge is 0.462 e. The van der Waals surface area contributed by atoms with Crippen molar-refractivity contribution in [2.45, 2.75) is 59.6 Å². The lowest BCUT2D eigenvalue weighted by Crippen LogP contribution is -2.40. The molecule has 2 aromatic rings. The molecular weight excluding hydrogens is 384 g/mol. The van der Waals surface area contributed by atoms with Crippen LogP contribution in [-0.4, -0.2) is 28.8 Å². The molecule has 0 saturated heterocycles. The summed E-state index contributed by atoms with van der Waals surface area (Å²) in [7, 11) is 1.78. The normalized spacial score (nSPS) is 13.6. The Morgan fingerprint density at radius 1 is 1.17 bits per heavy atom. The van der Waals surface area contributed by atoms with Gasteiger partial charge in [-0.3, -0.25) is 4.79 Å². The molecule has 7 heteroatoms. The molecule has 0 unspecified atom stereocenters. The average molecular weight is 417 g/mol. The number of aromatic nitrogens is 1. The first-order valence-electron chi connectivity index (χ1n) is 10.3. The number of ether oxygens (including phenoxy) is 2. The number of nitrogens with zero attached hydrogens (tertiary/aromatic N) is 1. The topological polar surface area (TPSA) is 86.6 Å². The van der Waals surface area contributed by atoms with E-state index in [1.807, 2.05) is 26.0 Å². The Morgan fingerprint density at radius 3 is 2.37 bits per heavy atom. The van der Waals surface area contributed by atoms with E-state index in [1.165, 1.54) is 0 Å². The molecule has 0 aliphatic carbocycles. The van der Waals surface area contributed by atoms with Crippen LogP contribution in [0.25, 0.3) is 10.9 Å². The Bertz CT molecular complexity index is 987. The Hall–Kier alpha value is -2.83. The van der Waals surface area contributed by atoms with Crippen LogP contribution in [0.5, 0.6) is 0 Å². The molecule has 0 bridgehead atoms. The molecule has 0 saturated carbocycles. The second kappa shape index (κ2) is 9.32.